The molecule has 0 radical (unpaired) electrons. The van der Waals surface area contributed by atoms with Crippen molar-refractivity contribution in [3.8, 4) is 11.5 Å². The van der Waals surface area contributed by atoms with Crippen LogP contribution >= 0.6 is 11.6 Å². The van der Waals surface area contributed by atoms with E-state index in [0.29, 0.717) is 12.4 Å². The Labute approximate surface area is 184 Å². The van der Waals surface area contributed by atoms with Gasteiger partial charge in [0.2, 0.25) is 0 Å². The van der Waals surface area contributed by atoms with Crippen LogP contribution < -0.4 is 9.47 Å². The molecule has 2 aromatic rings. The maximum Gasteiger partial charge on any atom is 0.126 e. The zero-order chi connectivity index (χ0) is 21.2. The molecule has 0 unspecified atom stereocenters. The summed E-state index contributed by atoms with van der Waals surface area (Å²) >= 11 is 5.96. The first-order valence-electron chi connectivity index (χ1n) is 11.0. The summed E-state index contributed by atoms with van der Waals surface area (Å²) in [6.07, 6.45) is 5.44. The molecule has 1 aliphatic heterocycles. The second-order valence-corrected chi connectivity index (χ2v) is 9.69. The molecule has 2 aliphatic rings. The van der Waals surface area contributed by atoms with Crippen molar-refractivity contribution in [1.29, 1.82) is 0 Å². The first-order valence-corrected chi connectivity index (χ1v) is 11.3. The monoisotopic (exact) mass is 431 g/mol. The molecule has 0 aromatic heterocycles. The first-order chi connectivity index (χ1) is 14.4. The zero-order valence-corrected chi connectivity index (χ0v) is 18.7. The largest absolute Gasteiger partial charge is 0.492 e. The van der Waals surface area contributed by atoms with Crippen LogP contribution in [0.3, 0.4) is 0 Å². The number of likely N-dealkylation sites (tertiary alicyclic amines) is 1. The molecule has 1 heterocycles. The smallest absolute Gasteiger partial charge is 0.126 e. The number of hydrogen-bond acceptors (Lipinski definition) is 3. The van der Waals surface area contributed by atoms with Crippen LogP contribution in [0.1, 0.15) is 51.5 Å². The summed E-state index contributed by atoms with van der Waals surface area (Å²) in [5.74, 6) is 1.34. The molecule has 0 bridgehead atoms. The molecular weight excluding hydrogens is 401 g/mol. The van der Waals surface area contributed by atoms with Crippen molar-refractivity contribution in [2.75, 3.05) is 26.2 Å². The van der Waals surface area contributed by atoms with Crippen molar-refractivity contribution in [2.45, 2.75) is 57.0 Å². The highest BCUT2D eigenvalue weighted by Gasteiger charge is 2.36. The minimum absolute atomic E-state index is 0.134. The lowest BCUT2D eigenvalue weighted by atomic mass is 9.66. The summed E-state index contributed by atoms with van der Waals surface area (Å²) in [5.41, 5.74) is 1.12. The van der Waals surface area contributed by atoms with Gasteiger partial charge in [0.1, 0.15) is 29.5 Å². The lowest BCUT2D eigenvalue weighted by Gasteiger charge is -2.40. The molecule has 0 spiro atoms. The average Bonchev–Trinajstić information content (AvgIpc) is 2.70. The van der Waals surface area contributed by atoms with Crippen molar-refractivity contribution < 1.29 is 13.9 Å². The predicted octanol–water partition coefficient (Wildman–Crippen LogP) is 6.23. The Morgan fingerprint density at radius 3 is 2.33 bits per heavy atom. The molecule has 162 valence electrons. The Morgan fingerprint density at radius 2 is 1.70 bits per heavy atom. The summed E-state index contributed by atoms with van der Waals surface area (Å²) in [6, 6.07) is 12.6. The van der Waals surface area contributed by atoms with Crippen LogP contribution in [0, 0.1) is 5.82 Å². The van der Waals surface area contributed by atoms with Gasteiger partial charge in [0, 0.05) is 36.3 Å². The normalized spacial score (nSPS) is 20.4. The Balaban J connectivity index is 1.27. The van der Waals surface area contributed by atoms with E-state index in [1.807, 2.05) is 30.3 Å². The Morgan fingerprint density at radius 1 is 1.00 bits per heavy atom. The van der Waals surface area contributed by atoms with Crippen LogP contribution in [0.4, 0.5) is 4.39 Å². The van der Waals surface area contributed by atoms with E-state index >= 15 is 0 Å². The summed E-state index contributed by atoms with van der Waals surface area (Å²) in [6.45, 7) is 7.75. The zero-order valence-electron chi connectivity index (χ0n) is 17.9. The molecule has 0 N–H and O–H groups in total. The average molecular weight is 432 g/mol. The van der Waals surface area contributed by atoms with Crippen molar-refractivity contribution in [3.63, 3.8) is 0 Å². The highest BCUT2D eigenvalue weighted by molar-refractivity contribution is 6.30. The predicted molar refractivity (Wildman–Crippen MR) is 119 cm³/mol. The van der Waals surface area contributed by atoms with Crippen LogP contribution in [0.25, 0.3) is 0 Å². The molecule has 1 saturated heterocycles. The van der Waals surface area contributed by atoms with Crippen LogP contribution in [0.15, 0.2) is 42.5 Å². The minimum Gasteiger partial charge on any atom is -0.492 e. The lowest BCUT2D eigenvalue weighted by Crippen LogP contribution is -2.47. The van der Waals surface area contributed by atoms with E-state index in [-0.39, 0.29) is 16.8 Å². The third kappa shape index (κ3) is 4.92. The number of hydrogen-bond donors (Lipinski definition) is 0. The van der Waals surface area contributed by atoms with E-state index in [2.05, 4.69) is 18.7 Å². The van der Waals surface area contributed by atoms with Gasteiger partial charge in [-0.3, -0.25) is 4.90 Å². The molecular formula is C25H31ClFNO2. The second-order valence-electron chi connectivity index (χ2n) is 9.25. The molecule has 2 aromatic carbocycles. The maximum absolute atomic E-state index is 13.8. The summed E-state index contributed by atoms with van der Waals surface area (Å²) in [5, 5.41) is 0.718. The van der Waals surface area contributed by atoms with Crippen molar-refractivity contribution in [1.82, 2.24) is 4.90 Å². The van der Waals surface area contributed by atoms with Gasteiger partial charge in [-0.15, -0.1) is 0 Å². The summed E-state index contributed by atoms with van der Waals surface area (Å²) in [7, 11) is 0. The van der Waals surface area contributed by atoms with Crippen LogP contribution in [-0.4, -0.2) is 36.7 Å². The SMILES string of the molecule is CC1(Oc2ccc(Cl)cc2)CCN(CCOc2cc(F)ccc2C2(C)CCC2)CC1. The standard InChI is InChI=1S/C25H31ClFNO2/c1-24(10-3-11-24)22-9-6-20(27)18-23(22)29-17-16-28-14-12-25(2,13-15-28)30-21-7-4-19(26)5-8-21/h4-9,18H,3,10-17H2,1-2H3. The first kappa shape index (κ1) is 21.5. The van der Waals surface area contributed by atoms with Gasteiger partial charge in [0.05, 0.1) is 0 Å². The van der Waals surface area contributed by atoms with Crippen LogP contribution in [0.2, 0.25) is 5.02 Å². The Bertz CT molecular complexity index is 858. The molecule has 4 rings (SSSR count). The van der Waals surface area contributed by atoms with E-state index in [1.165, 1.54) is 6.42 Å². The number of nitrogens with zero attached hydrogens (tertiary/aromatic N) is 1. The Kier molecular flexibility index (Phi) is 6.26. The highest BCUT2D eigenvalue weighted by atomic mass is 35.5. The third-order valence-electron chi connectivity index (χ3n) is 6.81. The van der Waals surface area contributed by atoms with Gasteiger partial charge < -0.3 is 9.47 Å². The fraction of sp³-hybridized carbons (Fsp3) is 0.520. The van der Waals surface area contributed by atoms with Gasteiger partial charge in [-0.25, -0.2) is 4.39 Å². The van der Waals surface area contributed by atoms with Gasteiger partial charge in [0.25, 0.3) is 0 Å². The maximum atomic E-state index is 13.8. The summed E-state index contributed by atoms with van der Waals surface area (Å²) < 4.78 is 26.1. The number of rotatable bonds is 7. The quantitative estimate of drug-likeness (QED) is 0.518. The minimum atomic E-state index is -0.232. The molecule has 1 saturated carbocycles. The molecule has 0 amide bonds. The number of ether oxygens (including phenoxy) is 2. The lowest BCUT2D eigenvalue weighted by molar-refractivity contribution is 0.0134. The number of halogens is 2. The van der Waals surface area contributed by atoms with Gasteiger partial charge >= 0.3 is 0 Å². The number of piperidine rings is 1. The molecule has 5 heteroatoms. The van der Waals surface area contributed by atoms with Crippen molar-refractivity contribution >= 4 is 11.6 Å². The van der Waals surface area contributed by atoms with Crippen LogP contribution in [0.5, 0.6) is 11.5 Å². The topological polar surface area (TPSA) is 21.7 Å². The third-order valence-corrected chi connectivity index (χ3v) is 7.06. The fourth-order valence-electron chi connectivity index (χ4n) is 4.51. The molecule has 0 atom stereocenters. The van der Waals surface area contributed by atoms with Gasteiger partial charge in [-0.1, -0.05) is 31.0 Å². The highest BCUT2D eigenvalue weighted by Crippen LogP contribution is 2.46. The van der Waals surface area contributed by atoms with Gasteiger partial charge in [0.15, 0.2) is 0 Å². The fourth-order valence-corrected chi connectivity index (χ4v) is 4.64. The van der Waals surface area contributed by atoms with E-state index in [4.69, 9.17) is 21.1 Å². The molecule has 1 aliphatic carbocycles. The van der Waals surface area contributed by atoms with E-state index in [9.17, 15) is 4.39 Å². The van der Waals surface area contributed by atoms with Gasteiger partial charge in [-0.05, 0) is 68.4 Å². The molecule has 2 fully saturated rings. The van der Waals surface area contributed by atoms with Crippen LogP contribution in [-0.2, 0) is 5.41 Å². The second kappa shape index (κ2) is 8.76. The number of benzene rings is 2. The molecule has 3 nitrogen and oxygen atoms in total. The van der Waals surface area contributed by atoms with Crippen molar-refractivity contribution in [2.24, 2.45) is 0 Å². The Hall–Kier alpha value is -1.78. The van der Waals surface area contributed by atoms with Gasteiger partial charge in [-0.2, -0.15) is 0 Å². The van der Waals surface area contributed by atoms with Crippen molar-refractivity contribution in [3.05, 3.63) is 58.9 Å². The van der Waals surface area contributed by atoms with E-state index in [1.54, 1.807) is 12.1 Å². The molecule has 30 heavy (non-hydrogen) atoms. The van der Waals surface area contributed by atoms with E-state index in [0.717, 1.165) is 61.7 Å². The van der Waals surface area contributed by atoms with E-state index < -0.39 is 0 Å². The summed E-state index contributed by atoms with van der Waals surface area (Å²) in [4.78, 5) is 2.40.